The lowest BCUT2D eigenvalue weighted by Gasteiger charge is -2.26. The number of carbonyl (C=O) groups is 3. The molecule has 0 aliphatic heterocycles. The molecular weight excluding hydrogens is 411 g/mol. The van der Waals surface area contributed by atoms with Gasteiger partial charge in [-0.15, -0.1) is 5.48 Å². The molecule has 0 aliphatic rings. The third-order valence-corrected chi connectivity index (χ3v) is 4.36. The zero-order valence-corrected chi connectivity index (χ0v) is 17.5. The van der Waals surface area contributed by atoms with Crippen molar-refractivity contribution in [2.75, 3.05) is 0 Å². The van der Waals surface area contributed by atoms with Crippen molar-refractivity contribution in [3.63, 3.8) is 0 Å². The maximum absolute atomic E-state index is 13.0. The zero-order valence-electron chi connectivity index (χ0n) is 17.5. The molecule has 0 spiro atoms. The summed E-state index contributed by atoms with van der Waals surface area (Å²) in [5.74, 6) is -4.04. The first-order chi connectivity index (χ1) is 14.5. The Morgan fingerprint density at radius 2 is 1.84 bits per heavy atom. The van der Waals surface area contributed by atoms with Crippen LogP contribution in [0.5, 0.6) is 5.75 Å². The predicted molar refractivity (Wildman–Crippen MR) is 106 cm³/mol. The van der Waals surface area contributed by atoms with Gasteiger partial charge in [-0.25, -0.2) is 14.2 Å². The molecule has 1 aromatic carbocycles. The minimum Gasteiger partial charge on any atom is -0.501 e. The molecule has 0 saturated heterocycles. The highest BCUT2D eigenvalue weighted by Crippen LogP contribution is 2.20. The summed E-state index contributed by atoms with van der Waals surface area (Å²) in [6, 6.07) is 5.40. The number of nitrogens with zero attached hydrogens (tertiary/aromatic N) is 2. The SMILES string of the molecule is CCC(=O)C(=O)ONC(C)(C)c1nc(C(=O)NCc2ccc(F)cc2)c(O)c(=O)n1C. The van der Waals surface area contributed by atoms with Crippen molar-refractivity contribution in [2.24, 2.45) is 7.05 Å². The van der Waals surface area contributed by atoms with Gasteiger partial charge in [0, 0.05) is 20.0 Å². The molecule has 11 heteroatoms. The first-order valence-electron chi connectivity index (χ1n) is 9.32. The molecule has 0 fully saturated rings. The van der Waals surface area contributed by atoms with Gasteiger partial charge < -0.3 is 15.3 Å². The highest BCUT2D eigenvalue weighted by atomic mass is 19.1. The Morgan fingerprint density at radius 1 is 1.23 bits per heavy atom. The number of amides is 1. The summed E-state index contributed by atoms with van der Waals surface area (Å²) in [5.41, 5.74) is 0.212. The van der Waals surface area contributed by atoms with Crippen LogP contribution in [0.3, 0.4) is 0 Å². The fourth-order valence-corrected chi connectivity index (χ4v) is 2.60. The highest BCUT2D eigenvalue weighted by Gasteiger charge is 2.31. The number of nitrogens with one attached hydrogen (secondary N) is 2. The van der Waals surface area contributed by atoms with E-state index in [4.69, 9.17) is 4.84 Å². The fourth-order valence-electron chi connectivity index (χ4n) is 2.60. The van der Waals surface area contributed by atoms with Crippen molar-refractivity contribution in [1.82, 2.24) is 20.3 Å². The van der Waals surface area contributed by atoms with Gasteiger partial charge in [0.25, 0.3) is 11.5 Å². The van der Waals surface area contributed by atoms with E-state index in [9.17, 15) is 28.7 Å². The molecule has 2 rings (SSSR count). The van der Waals surface area contributed by atoms with E-state index in [1.54, 1.807) is 0 Å². The van der Waals surface area contributed by atoms with Crippen LogP contribution in [0, 0.1) is 5.82 Å². The second-order valence-corrected chi connectivity index (χ2v) is 7.20. The summed E-state index contributed by atoms with van der Waals surface area (Å²) in [4.78, 5) is 56.8. The normalized spacial score (nSPS) is 11.1. The Labute approximate surface area is 177 Å². The first kappa shape index (κ1) is 23.7. The topological polar surface area (TPSA) is 140 Å². The van der Waals surface area contributed by atoms with Gasteiger partial charge in [-0.05, 0) is 31.5 Å². The van der Waals surface area contributed by atoms with Crippen molar-refractivity contribution < 1.29 is 28.7 Å². The Balaban J connectivity index is 2.28. The van der Waals surface area contributed by atoms with Crippen LogP contribution < -0.4 is 16.4 Å². The lowest BCUT2D eigenvalue weighted by Crippen LogP contribution is -2.44. The maximum Gasteiger partial charge on any atom is 0.393 e. The molecule has 0 radical (unpaired) electrons. The molecule has 2 aromatic rings. The smallest absolute Gasteiger partial charge is 0.393 e. The van der Waals surface area contributed by atoms with Gasteiger partial charge in [-0.3, -0.25) is 19.0 Å². The Bertz CT molecular complexity index is 1060. The minimum atomic E-state index is -1.31. The van der Waals surface area contributed by atoms with Crippen molar-refractivity contribution in [2.45, 2.75) is 39.3 Å². The van der Waals surface area contributed by atoms with E-state index in [1.807, 2.05) is 0 Å². The van der Waals surface area contributed by atoms with Gasteiger partial charge in [0.2, 0.25) is 11.5 Å². The standard InChI is InChI=1S/C20H23FN4O6/c1-5-13(26)18(30)31-24-20(2,3)19-23-14(15(27)17(29)25(19)4)16(28)22-10-11-6-8-12(21)9-7-11/h6-9,24,27H,5,10H2,1-4H3,(H,22,28). The van der Waals surface area contributed by atoms with E-state index >= 15 is 0 Å². The monoisotopic (exact) mass is 434 g/mol. The van der Waals surface area contributed by atoms with E-state index in [0.717, 1.165) is 4.57 Å². The van der Waals surface area contributed by atoms with Gasteiger partial charge in [0.1, 0.15) is 17.2 Å². The molecule has 0 bridgehead atoms. The number of carbonyl (C=O) groups excluding carboxylic acids is 3. The number of benzene rings is 1. The van der Waals surface area contributed by atoms with Crippen molar-refractivity contribution in [3.8, 4) is 5.75 Å². The Kier molecular flexibility index (Phi) is 7.24. The second kappa shape index (κ2) is 9.47. The number of halogens is 1. The number of ketones is 1. The average Bonchev–Trinajstić information content (AvgIpc) is 2.74. The molecule has 166 valence electrons. The molecule has 0 atom stereocenters. The van der Waals surface area contributed by atoms with Crippen molar-refractivity contribution >= 4 is 17.7 Å². The average molecular weight is 434 g/mol. The maximum atomic E-state index is 13.0. The van der Waals surface area contributed by atoms with E-state index in [2.05, 4.69) is 15.8 Å². The van der Waals surface area contributed by atoms with Gasteiger partial charge in [0.05, 0.1) is 0 Å². The summed E-state index contributed by atoms with van der Waals surface area (Å²) < 4.78 is 14.0. The molecule has 1 amide bonds. The number of Topliss-reactive ketones (excluding diaryl/α,β-unsaturated/α-hetero) is 1. The summed E-state index contributed by atoms with van der Waals surface area (Å²) in [7, 11) is 1.31. The quantitative estimate of drug-likeness (QED) is 0.410. The van der Waals surface area contributed by atoms with Crippen molar-refractivity contribution in [3.05, 3.63) is 57.5 Å². The van der Waals surface area contributed by atoms with Gasteiger partial charge in [0.15, 0.2) is 5.69 Å². The van der Waals surface area contributed by atoms with Crippen LogP contribution in [0.1, 0.15) is 49.1 Å². The minimum absolute atomic E-state index is 0.00314. The Hall–Kier alpha value is -3.60. The Morgan fingerprint density at radius 3 is 2.42 bits per heavy atom. The van der Waals surface area contributed by atoms with E-state index < -0.39 is 46.0 Å². The lowest BCUT2D eigenvalue weighted by atomic mass is 10.1. The van der Waals surface area contributed by atoms with Crippen LogP contribution >= 0.6 is 0 Å². The van der Waals surface area contributed by atoms with Crippen LogP contribution in [0.4, 0.5) is 4.39 Å². The van der Waals surface area contributed by atoms with Crippen LogP contribution in [-0.2, 0) is 33.6 Å². The third-order valence-electron chi connectivity index (χ3n) is 4.36. The molecule has 1 heterocycles. The van der Waals surface area contributed by atoms with Crippen LogP contribution in [0.25, 0.3) is 0 Å². The summed E-state index contributed by atoms with van der Waals surface area (Å²) >= 11 is 0. The number of rotatable bonds is 8. The number of aromatic nitrogens is 2. The number of hydrogen-bond donors (Lipinski definition) is 3. The molecule has 0 saturated carbocycles. The summed E-state index contributed by atoms with van der Waals surface area (Å²) in [6.07, 6.45) is -0.0464. The highest BCUT2D eigenvalue weighted by molar-refractivity contribution is 6.33. The van der Waals surface area contributed by atoms with Gasteiger partial charge >= 0.3 is 5.97 Å². The van der Waals surface area contributed by atoms with Crippen LogP contribution in [0.15, 0.2) is 29.1 Å². The van der Waals surface area contributed by atoms with E-state index in [-0.39, 0.29) is 18.8 Å². The van der Waals surface area contributed by atoms with Gasteiger partial charge in [-0.2, -0.15) is 0 Å². The van der Waals surface area contributed by atoms with Crippen molar-refractivity contribution in [1.29, 1.82) is 0 Å². The largest absolute Gasteiger partial charge is 0.501 e. The predicted octanol–water partition coefficient (Wildman–Crippen LogP) is 0.817. The number of hydrogen-bond acceptors (Lipinski definition) is 8. The molecule has 0 unspecified atom stereocenters. The molecule has 0 aliphatic carbocycles. The number of hydroxylamine groups is 1. The molecule has 31 heavy (non-hydrogen) atoms. The zero-order chi connectivity index (χ0) is 23.3. The molecule has 1 aromatic heterocycles. The fraction of sp³-hybridized carbons (Fsp3) is 0.350. The van der Waals surface area contributed by atoms with Crippen LogP contribution in [-0.4, -0.2) is 32.3 Å². The second-order valence-electron chi connectivity index (χ2n) is 7.20. The first-order valence-corrected chi connectivity index (χ1v) is 9.32. The van der Waals surface area contributed by atoms with E-state index in [0.29, 0.717) is 5.56 Å². The molecular formula is C20H23FN4O6. The lowest BCUT2D eigenvalue weighted by molar-refractivity contribution is -0.163. The summed E-state index contributed by atoms with van der Waals surface area (Å²) in [5, 5.41) is 12.6. The molecule has 3 N–H and O–H groups in total. The number of aromatic hydroxyl groups is 1. The van der Waals surface area contributed by atoms with E-state index in [1.165, 1.54) is 52.1 Å². The third kappa shape index (κ3) is 5.51. The molecule has 10 nitrogen and oxygen atoms in total. The van der Waals surface area contributed by atoms with Crippen LogP contribution in [0.2, 0.25) is 0 Å². The van der Waals surface area contributed by atoms with Gasteiger partial charge in [-0.1, -0.05) is 19.1 Å². The summed E-state index contributed by atoms with van der Waals surface area (Å²) in [6.45, 7) is 4.49.